The standard InChI is InChI=1S/C25H30FN5O4/c1-17(2)35-22(32)25(15-24(3,4)5,28-23(33)34-14-18-9-7-6-8-10-18)19-11-12-21(20(26)13-19)31-16-27-29-30-31/h6-13,16-17H,14-15H2,1-5H3,(H,28,33)/t25-/m1/s1. The molecule has 3 aromatic rings. The molecule has 0 aliphatic heterocycles. The second-order valence-electron chi connectivity index (χ2n) is 9.70. The Labute approximate surface area is 203 Å². The monoisotopic (exact) mass is 483 g/mol. The van der Waals surface area contributed by atoms with Crippen LogP contribution in [0.25, 0.3) is 5.69 Å². The summed E-state index contributed by atoms with van der Waals surface area (Å²) in [4.78, 5) is 26.5. The fraction of sp³-hybridized carbons (Fsp3) is 0.400. The number of halogens is 1. The fourth-order valence-electron chi connectivity index (χ4n) is 3.73. The minimum atomic E-state index is -1.71. The Hall–Kier alpha value is -3.82. The molecule has 35 heavy (non-hydrogen) atoms. The Bertz CT molecular complexity index is 1150. The molecule has 1 aromatic heterocycles. The number of nitrogens with zero attached hydrogens (tertiary/aromatic N) is 4. The number of ether oxygens (including phenoxy) is 2. The number of hydrogen-bond donors (Lipinski definition) is 1. The number of aromatic nitrogens is 4. The second-order valence-corrected chi connectivity index (χ2v) is 9.70. The van der Waals surface area contributed by atoms with Crippen LogP contribution in [0, 0.1) is 11.2 Å². The third kappa shape index (κ3) is 6.62. The van der Waals surface area contributed by atoms with Crippen LogP contribution in [-0.4, -0.2) is 38.4 Å². The quantitative estimate of drug-likeness (QED) is 0.476. The lowest BCUT2D eigenvalue weighted by Crippen LogP contribution is -2.55. The first-order chi connectivity index (χ1) is 16.5. The average molecular weight is 484 g/mol. The number of benzene rings is 2. The van der Waals surface area contributed by atoms with Crippen LogP contribution in [0.1, 0.15) is 52.2 Å². The van der Waals surface area contributed by atoms with Crippen molar-refractivity contribution >= 4 is 12.1 Å². The maximum Gasteiger partial charge on any atom is 0.408 e. The Morgan fingerprint density at radius 3 is 2.40 bits per heavy atom. The zero-order valence-electron chi connectivity index (χ0n) is 20.5. The van der Waals surface area contributed by atoms with E-state index in [0.29, 0.717) is 0 Å². The molecule has 9 nitrogen and oxygen atoms in total. The van der Waals surface area contributed by atoms with Gasteiger partial charge < -0.3 is 14.8 Å². The molecule has 3 rings (SSSR count). The molecule has 0 bridgehead atoms. The topological polar surface area (TPSA) is 108 Å². The molecular formula is C25H30FN5O4. The van der Waals surface area contributed by atoms with Crippen molar-refractivity contribution in [3.8, 4) is 5.69 Å². The molecule has 10 heteroatoms. The predicted molar refractivity (Wildman–Crippen MR) is 126 cm³/mol. The van der Waals surface area contributed by atoms with Crippen LogP contribution >= 0.6 is 0 Å². The molecule has 0 aliphatic rings. The molecule has 1 heterocycles. The van der Waals surface area contributed by atoms with Crippen LogP contribution in [0.2, 0.25) is 0 Å². The van der Waals surface area contributed by atoms with Gasteiger partial charge in [0.1, 0.15) is 24.4 Å². The van der Waals surface area contributed by atoms with E-state index in [9.17, 15) is 9.59 Å². The maximum atomic E-state index is 15.2. The van der Waals surface area contributed by atoms with E-state index in [-0.39, 0.29) is 24.3 Å². The zero-order valence-corrected chi connectivity index (χ0v) is 20.5. The van der Waals surface area contributed by atoms with Gasteiger partial charge in [-0.1, -0.05) is 57.2 Å². The lowest BCUT2D eigenvalue weighted by atomic mass is 9.75. The molecule has 186 valence electrons. The van der Waals surface area contributed by atoms with Gasteiger partial charge in [-0.2, -0.15) is 4.68 Å². The first kappa shape index (κ1) is 25.8. The summed E-state index contributed by atoms with van der Waals surface area (Å²) >= 11 is 0. The van der Waals surface area contributed by atoms with Crippen molar-refractivity contribution in [3.63, 3.8) is 0 Å². The second kappa shape index (κ2) is 10.6. The van der Waals surface area contributed by atoms with Gasteiger partial charge in [0.05, 0.1) is 6.10 Å². The predicted octanol–water partition coefficient (Wildman–Crippen LogP) is 4.31. The van der Waals surface area contributed by atoms with Crippen LogP contribution in [0.4, 0.5) is 9.18 Å². The summed E-state index contributed by atoms with van der Waals surface area (Å²) in [6.07, 6.45) is 0.0839. The average Bonchev–Trinajstić information content (AvgIpc) is 3.31. The molecular weight excluding hydrogens is 453 g/mol. The van der Waals surface area contributed by atoms with Gasteiger partial charge in [-0.05, 0) is 59.4 Å². The Morgan fingerprint density at radius 2 is 1.83 bits per heavy atom. The van der Waals surface area contributed by atoms with E-state index >= 15 is 4.39 Å². The summed E-state index contributed by atoms with van der Waals surface area (Å²) < 4.78 is 27.3. The largest absolute Gasteiger partial charge is 0.461 e. The maximum absolute atomic E-state index is 15.2. The lowest BCUT2D eigenvalue weighted by Gasteiger charge is -2.38. The molecule has 1 N–H and O–H groups in total. The molecule has 0 unspecified atom stereocenters. The van der Waals surface area contributed by atoms with Crippen molar-refractivity contribution in [2.45, 2.75) is 59.3 Å². The van der Waals surface area contributed by atoms with Gasteiger partial charge in [0.2, 0.25) is 0 Å². The van der Waals surface area contributed by atoms with E-state index < -0.39 is 34.9 Å². The number of esters is 1. The van der Waals surface area contributed by atoms with Gasteiger partial charge in [0.25, 0.3) is 0 Å². The van der Waals surface area contributed by atoms with Crippen LogP contribution in [0.5, 0.6) is 0 Å². The third-order valence-corrected chi connectivity index (χ3v) is 5.05. The van der Waals surface area contributed by atoms with Crippen molar-refractivity contribution in [3.05, 3.63) is 71.8 Å². The summed E-state index contributed by atoms with van der Waals surface area (Å²) in [5.41, 5.74) is -1.09. The minimum absolute atomic E-state index is 0.00406. The van der Waals surface area contributed by atoms with Crippen LogP contribution in [-0.2, 0) is 26.4 Å². The third-order valence-electron chi connectivity index (χ3n) is 5.05. The lowest BCUT2D eigenvalue weighted by molar-refractivity contribution is -0.157. The van der Waals surface area contributed by atoms with Gasteiger partial charge in [0.15, 0.2) is 5.54 Å². The van der Waals surface area contributed by atoms with E-state index in [0.717, 1.165) is 5.56 Å². The van der Waals surface area contributed by atoms with Crippen molar-refractivity contribution in [2.24, 2.45) is 5.41 Å². The first-order valence-electron chi connectivity index (χ1n) is 11.2. The Morgan fingerprint density at radius 1 is 1.11 bits per heavy atom. The number of tetrazole rings is 1. The zero-order chi connectivity index (χ0) is 25.6. The molecule has 2 aromatic carbocycles. The number of carbonyl (C=O) groups is 2. The molecule has 1 atom stereocenters. The highest BCUT2D eigenvalue weighted by Crippen LogP contribution is 2.37. The highest BCUT2D eigenvalue weighted by atomic mass is 19.1. The first-order valence-corrected chi connectivity index (χ1v) is 11.2. The Kier molecular flexibility index (Phi) is 7.83. The molecule has 0 radical (unpaired) electrons. The SMILES string of the molecule is CC(C)OC(=O)[C@](CC(C)(C)C)(NC(=O)OCc1ccccc1)c1ccc(-n2cnnn2)c(F)c1. The van der Waals surface area contributed by atoms with Gasteiger partial charge >= 0.3 is 12.1 Å². The number of alkyl carbamates (subject to hydrolysis) is 1. The normalized spacial score (nSPS) is 13.2. The highest BCUT2D eigenvalue weighted by molar-refractivity contribution is 5.87. The minimum Gasteiger partial charge on any atom is -0.461 e. The fourth-order valence-corrected chi connectivity index (χ4v) is 3.73. The van der Waals surface area contributed by atoms with E-state index in [1.54, 1.807) is 19.9 Å². The van der Waals surface area contributed by atoms with Gasteiger partial charge in [-0.25, -0.2) is 14.0 Å². The van der Waals surface area contributed by atoms with Crippen LogP contribution in [0.3, 0.4) is 0 Å². The van der Waals surface area contributed by atoms with Crippen LogP contribution < -0.4 is 5.32 Å². The summed E-state index contributed by atoms with van der Waals surface area (Å²) in [6, 6.07) is 13.3. The molecule has 0 aliphatic carbocycles. The van der Waals surface area contributed by atoms with Gasteiger partial charge in [0, 0.05) is 0 Å². The molecule has 1 amide bonds. The van der Waals surface area contributed by atoms with Crippen molar-refractivity contribution in [2.75, 3.05) is 0 Å². The summed E-state index contributed by atoms with van der Waals surface area (Å²) in [6.45, 7) is 9.14. The number of amides is 1. The van der Waals surface area contributed by atoms with E-state index in [2.05, 4.69) is 20.8 Å². The Balaban J connectivity index is 2.02. The van der Waals surface area contributed by atoms with Crippen molar-refractivity contribution in [1.82, 2.24) is 25.5 Å². The summed E-state index contributed by atoms with van der Waals surface area (Å²) in [7, 11) is 0. The smallest absolute Gasteiger partial charge is 0.408 e. The molecule has 0 saturated heterocycles. The van der Waals surface area contributed by atoms with Crippen molar-refractivity contribution in [1.29, 1.82) is 0 Å². The number of carbonyl (C=O) groups excluding carboxylic acids is 2. The molecule has 0 saturated carbocycles. The van der Waals surface area contributed by atoms with Crippen LogP contribution in [0.15, 0.2) is 54.9 Å². The van der Waals surface area contributed by atoms with E-state index in [1.165, 1.54) is 23.1 Å². The van der Waals surface area contributed by atoms with Gasteiger partial charge in [-0.15, -0.1) is 5.10 Å². The summed E-state index contributed by atoms with van der Waals surface area (Å²) in [5, 5.41) is 13.5. The number of nitrogens with one attached hydrogen (secondary N) is 1. The molecule has 0 fully saturated rings. The van der Waals surface area contributed by atoms with Crippen molar-refractivity contribution < 1.29 is 23.5 Å². The number of hydrogen-bond acceptors (Lipinski definition) is 7. The van der Waals surface area contributed by atoms with E-state index in [4.69, 9.17) is 9.47 Å². The summed E-state index contributed by atoms with van der Waals surface area (Å²) in [5.74, 6) is -1.39. The van der Waals surface area contributed by atoms with E-state index in [1.807, 2.05) is 51.1 Å². The van der Waals surface area contributed by atoms with Gasteiger partial charge in [-0.3, -0.25) is 0 Å². The molecule has 0 spiro atoms. The highest BCUT2D eigenvalue weighted by Gasteiger charge is 2.47. The number of rotatable bonds is 8.